The van der Waals surface area contributed by atoms with Crippen molar-refractivity contribution >= 4 is 0 Å². The summed E-state index contributed by atoms with van der Waals surface area (Å²) < 4.78 is 211. The topological polar surface area (TPSA) is 18.5 Å². The van der Waals surface area contributed by atoms with Crippen molar-refractivity contribution in [3.63, 3.8) is 0 Å². The molecule has 0 bridgehead atoms. The molecular formula is C8HF17O2. The summed E-state index contributed by atoms with van der Waals surface area (Å²) in [6.07, 6.45) is -42.7. The lowest BCUT2D eigenvalue weighted by Crippen LogP contribution is -2.66. The van der Waals surface area contributed by atoms with Crippen LogP contribution >= 0.6 is 0 Å². The highest BCUT2D eigenvalue weighted by Gasteiger charge is 2.84. The Labute approximate surface area is 134 Å². The number of ether oxygens (including phenoxy) is 2. The Balaban J connectivity index is 6.21. The van der Waals surface area contributed by atoms with E-state index in [0.29, 0.717) is 0 Å². The van der Waals surface area contributed by atoms with E-state index in [1.165, 1.54) is 4.74 Å². The molecule has 0 saturated heterocycles. The van der Waals surface area contributed by atoms with Gasteiger partial charge in [0.2, 0.25) is 0 Å². The third-order valence-electron chi connectivity index (χ3n) is 2.24. The Hall–Kier alpha value is -1.27. The van der Waals surface area contributed by atoms with Crippen molar-refractivity contribution in [1.29, 1.82) is 0 Å². The lowest BCUT2D eigenvalue weighted by Gasteiger charge is -2.38. The normalized spacial score (nSPS) is 19.0. The van der Waals surface area contributed by atoms with Gasteiger partial charge < -0.3 is 0 Å². The molecule has 0 aromatic rings. The van der Waals surface area contributed by atoms with Crippen molar-refractivity contribution in [1.82, 2.24) is 0 Å². The van der Waals surface area contributed by atoms with E-state index in [2.05, 4.69) is 0 Å². The van der Waals surface area contributed by atoms with E-state index in [0.717, 1.165) is 0 Å². The molecule has 0 aliphatic heterocycles. The maximum absolute atomic E-state index is 13.3. The summed E-state index contributed by atoms with van der Waals surface area (Å²) in [5.41, 5.74) is 0. The molecule has 0 saturated carbocycles. The van der Waals surface area contributed by atoms with Crippen LogP contribution in [0.1, 0.15) is 0 Å². The van der Waals surface area contributed by atoms with E-state index in [1.54, 1.807) is 4.74 Å². The third kappa shape index (κ3) is 4.77. The monoisotopic (exact) mass is 452 g/mol. The average molecular weight is 452 g/mol. The highest BCUT2D eigenvalue weighted by molar-refractivity contribution is 4.93. The summed E-state index contributed by atoms with van der Waals surface area (Å²) in [5, 5.41) is 0. The Morgan fingerprint density at radius 2 is 0.889 bits per heavy atom. The minimum Gasteiger partial charge on any atom is -0.272 e. The minimum absolute atomic E-state index is 1.26. The van der Waals surface area contributed by atoms with E-state index in [1.807, 2.05) is 0 Å². The van der Waals surface area contributed by atoms with E-state index >= 15 is 0 Å². The smallest absolute Gasteiger partial charge is 0.272 e. The summed E-state index contributed by atoms with van der Waals surface area (Å²) in [4.78, 5) is 0. The predicted molar refractivity (Wildman–Crippen MR) is 43.9 cm³/mol. The molecule has 0 unspecified atom stereocenters. The SMILES string of the molecule is F[C@@H](OC(F)(F)[C@](F)(OC(F)(F)C(F)(F)C(F)(F)F)C(F)(F)F)C(F)(F)F. The molecule has 0 radical (unpaired) electrons. The second-order valence-corrected chi connectivity index (χ2v) is 4.28. The quantitative estimate of drug-likeness (QED) is 0.497. The lowest BCUT2D eigenvalue weighted by atomic mass is 10.2. The van der Waals surface area contributed by atoms with Gasteiger partial charge in [0.25, 0.3) is 6.36 Å². The zero-order valence-electron chi connectivity index (χ0n) is 11.3. The second kappa shape index (κ2) is 6.66. The maximum atomic E-state index is 13.3. The van der Waals surface area contributed by atoms with Gasteiger partial charge in [-0.15, -0.1) is 0 Å². The number of halogens is 17. The van der Waals surface area contributed by atoms with Crippen LogP contribution in [0, 0.1) is 0 Å². The number of rotatable bonds is 6. The van der Waals surface area contributed by atoms with Gasteiger partial charge in [0.15, 0.2) is 0 Å². The first-order valence-corrected chi connectivity index (χ1v) is 5.38. The Kier molecular flexibility index (Phi) is 6.35. The van der Waals surface area contributed by atoms with Gasteiger partial charge in [-0.1, -0.05) is 0 Å². The van der Waals surface area contributed by atoms with Gasteiger partial charge in [-0.3, -0.25) is 9.47 Å². The van der Waals surface area contributed by atoms with Crippen molar-refractivity contribution in [2.45, 2.75) is 48.9 Å². The summed E-state index contributed by atoms with van der Waals surface area (Å²) >= 11 is 0. The molecule has 27 heavy (non-hydrogen) atoms. The first kappa shape index (κ1) is 25.7. The van der Waals surface area contributed by atoms with Crippen LogP contribution in [-0.4, -0.2) is 48.9 Å². The van der Waals surface area contributed by atoms with Crippen molar-refractivity contribution < 1.29 is 84.1 Å². The maximum Gasteiger partial charge on any atom is 0.462 e. The van der Waals surface area contributed by atoms with Crippen molar-refractivity contribution in [2.24, 2.45) is 0 Å². The van der Waals surface area contributed by atoms with Crippen LogP contribution < -0.4 is 0 Å². The molecule has 0 N–H and O–H groups in total. The summed E-state index contributed by atoms with van der Waals surface area (Å²) in [5.74, 6) is -15.5. The molecule has 2 atom stereocenters. The molecule has 2 nitrogen and oxygen atoms in total. The Bertz CT molecular complexity index is 514. The minimum atomic E-state index is -7.78. The molecule has 0 aliphatic rings. The largest absolute Gasteiger partial charge is 0.462 e. The molecule has 0 fully saturated rings. The number of hydrogen-bond acceptors (Lipinski definition) is 2. The standard InChI is InChI=1S/C8HF17O2/c9-1(2(10,11)12)26-8(24,25)4(15,6(19,20)21)27-7(22,23)3(13,14)5(16,17)18/h1H/t1-,4+/m0/s1. The average Bonchev–Trinajstić information content (AvgIpc) is 2.33. The third-order valence-corrected chi connectivity index (χ3v) is 2.24. The van der Waals surface area contributed by atoms with E-state index in [4.69, 9.17) is 0 Å². The van der Waals surface area contributed by atoms with Gasteiger partial charge in [-0.2, -0.15) is 70.2 Å². The summed E-state index contributed by atoms with van der Waals surface area (Å²) in [7, 11) is 0. The van der Waals surface area contributed by atoms with Gasteiger partial charge in [0.05, 0.1) is 0 Å². The first-order valence-electron chi connectivity index (χ1n) is 5.38. The fraction of sp³-hybridized carbons (Fsp3) is 1.00. The summed E-state index contributed by atoms with van der Waals surface area (Å²) in [6.45, 7) is 0. The van der Waals surface area contributed by atoms with Crippen molar-refractivity contribution in [2.75, 3.05) is 0 Å². The number of hydrogen-bond donors (Lipinski definition) is 0. The van der Waals surface area contributed by atoms with Crippen LogP contribution in [0.25, 0.3) is 0 Å². The van der Waals surface area contributed by atoms with Crippen molar-refractivity contribution in [3.8, 4) is 0 Å². The molecule has 0 spiro atoms. The zero-order valence-corrected chi connectivity index (χ0v) is 11.3. The molecule has 164 valence electrons. The Morgan fingerprint density at radius 1 is 0.519 bits per heavy atom. The highest BCUT2D eigenvalue weighted by atomic mass is 19.4. The fourth-order valence-corrected chi connectivity index (χ4v) is 0.961. The van der Waals surface area contributed by atoms with Crippen LogP contribution in [0.15, 0.2) is 0 Å². The van der Waals surface area contributed by atoms with E-state index < -0.39 is 48.9 Å². The van der Waals surface area contributed by atoms with Gasteiger partial charge in [-0.25, -0.2) is 4.39 Å². The highest BCUT2D eigenvalue weighted by Crippen LogP contribution is 2.55. The van der Waals surface area contributed by atoms with Gasteiger partial charge in [-0.05, 0) is 0 Å². The molecule has 0 aromatic heterocycles. The van der Waals surface area contributed by atoms with Gasteiger partial charge >= 0.3 is 42.5 Å². The van der Waals surface area contributed by atoms with Crippen molar-refractivity contribution in [3.05, 3.63) is 0 Å². The molecule has 0 heterocycles. The number of alkyl halides is 17. The molecule has 0 amide bonds. The second-order valence-electron chi connectivity index (χ2n) is 4.28. The van der Waals surface area contributed by atoms with E-state index in [9.17, 15) is 74.6 Å². The zero-order chi connectivity index (χ0) is 22.5. The molecule has 0 aliphatic carbocycles. The molecule has 19 heteroatoms. The molecular weight excluding hydrogens is 451 g/mol. The van der Waals surface area contributed by atoms with Crippen LogP contribution in [0.3, 0.4) is 0 Å². The summed E-state index contributed by atoms with van der Waals surface area (Å²) in [6, 6.07) is 0. The first-order chi connectivity index (χ1) is 11.3. The van der Waals surface area contributed by atoms with E-state index in [-0.39, 0.29) is 0 Å². The van der Waals surface area contributed by atoms with Crippen LogP contribution in [-0.2, 0) is 9.47 Å². The fourth-order valence-electron chi connectivity index (χ4n) is 0.961. The van der Waals surface area contributed by atoms with Crippen LogP contribution in [0.4, 0.5) is 74.6 Å². The lowest BCUT2D eigenvalue weighted by molar-refractivity contribution is -0.543. The predicted octanol–water partition coefficient (Wildman–Crippen LogP) is 5.49. The Morgan fingerprint density at radius 3 is 1.15 bits per heavy atom. The van der Waals surface area contributed by atoms with Crippen LogP contribution in [0.2, 0.25) is 0 Å². The molecule has 0 aromatic carbocycles. The van der Waals surface area contributed by atoms with Gasteiger partial charge in [0, 0.05) is 0 Å². The molecule has 0 rings (SSSR count). The van der Waals surface area contributed by atoms with Crippen LogP contribution in [0.5, 0.6) is 0 Å². The van der Waals surface area contributed by atoms with Gasteiger partial charge in [0.1, 0.15) is 0 Å².